The average Bonchev–Trinajstić information content (AvgIpc) is 2.54. The zero-order valence-electron chi connectivity index (χ0n) is 6.69. The molecule has 1 fully saturated rings. The predicted molar refractivity (Wildman–Crippen MR) is 47.1 cm³/mol. The number of ether oxygens (including phenoxy) is 1. The van der Waals surface area contributed by atoms with Crippen LogP contribution in [-0.4, -0.2) is 22.6 Å². The summed E-state index contributed by atoms with van der Waals surface area (Å²) >= 11 is 1.27. The molecule has 1 aliphatic rings. The van der Waals surface area contributed by atoms with Crippen LogP contribution >= 0.6 is 11.5 Å². The fraction of sp³-hybridized carbons (Fsp3) is 0.714. The summed E-state index contributed by atoms with van der Waals surface area (Å²) in [5.41, 5.74) is 5.50. The highest BCUT2D eigenvalue weighted by atomic mass is 32.1. The van der Waals surface area contributed by atoms with Crippen LogP contribution in [0.1, 0.15) is 24.6 Å². The lowest BCUT2D eigenvalue weighted by Crippen LogP contribution is -2.15. The highest BCUT2D eigenvalue weighted by molar-refractivity contribution is 7.09. The smallest absolute Gasteiger partial charge is 0.199 e. The SMILES string of the molecule is Nc1nc(C2CCOCC2)ns1. The first-order valence-corrected chi connectivity index (χ1v) is 4.80. The molecule has 0 unspecified atom stereocenters. The van der Waals surface area contributed by atoms with Crippen molar-refractivity contribution in [2.24, 2.45) is 0 Å². The topological polar surface area (TPSA) is 61.0 Å². The number of anilines is 1. The molecule has 0 aliphatic carbocycles. The van der Waals surface area contributed by atoms with E-state index in [4.69, 9.17) is 10.5 Å². The predicted octanol–water partition coefficient (Wildman–Crippen LogP) is 1.01. The zero-order valence-corrected chi connectivity index (χ0v) is 7.51. The maximum Gasteiger partial charge on any atom is 0.199 e. The molecule has 0 bridgehead atoms. The maximum atomic E-state index is 5.50. The van der Waals surface area contributed by atoms with Gasteiger partial charge in [0.15, 0.2) is 5.13 Å². The Morgan fingerprint density at radius 1 is 1.42 bits per heavy atom. The van der Waals surface area contributed by atoms with Gasteiger partial charge in [0.05, 0.1) is 0 Å². The second-order valence-corrected chi connectivity index (χ2v) is 3.66. The van der Waals surface area contributed by atoms with Crippen LogP contribution in [0.3, 0.4) is 0 Å². The number of nitrogens with two attached hydrogens (primary N) is 1. The molecular formula is C7H11N3OS. The van der Waals surface area contributed by atoms with E-state index in [2.05, 4.69) is 9.36 Å². The van der Waals surface area contributed by atoms with E-state index in [0.717, 1.165) is 31.9 Å². The number of aromatic nitrogens is 2. The molecule has 0 aromatic carbocycles. The third kappa shape index (κ3) is 1.56. The molecule has 1 aliphatic heterocycles. The lowest BCUT2D eigenvalue weighted by Gasteiger charge is -2.18. The number of hydrogen-bond donors (Lipinski definition) is 1. The van der Waals surface area contributed by atoms with Crippen molar-refractivity contribution in [1.29, 1.82) is 0 Å². The molecule has 0 radical (unpaired) electrons. The van der Waals surface area contributed by atoms with Crippen LogP contribution < -0.4 is 5.73 Å². The van der Waals surface area contributed by atoms with Crippen molar-refractivity contribution in [1.82, 2.24) is 9.36 Å². The largest absolute Gasteiger partial charge is 0.381 e. The van der Waals surface area contributed by atoms with Crippen molar-refractivity contribution in [2.45, 2.75) is 18.8 Å². The third-order valence-electron chi connectivity index (χ3n) is 2.04. The highest BCUT2D eigenvalue weighted by Gasteiger charge is 2.19. The van der Waals surface area contributed by atoms with Crippen molar-refractivity contribution in [2.75, 3.05) is 18.9 Å². The van der Waals surface area contributed by atoms with E-state index in [1.165, 1.54) is 11.5 Å². The first kappa shape index (κ1) is 7.94. The molecule has 2 heterocycles. The van der Waals surface area contributed by atoms with Crippen molar-refractivity contribution >= 4 is 16.7 Å². The Bertz CT molecular complexity index is 257. The van der Waals surface area contributed by atoms with Crippen molar-refractivity contribution in [3.63, 3.8) is 0 Å². The Hall–Kier alpha value is -0.680. The van der Waals surface area contributed by atoms with Crippen LogP contribution in [-0.2, 0) is 4.74 Å². The summed E-state index contributed by atoms with van der Waals surface area (Å²) in [5, 5.41) is 0.566. The summed E-state index contributed by atoms with van der Waals surface area (Å²) in [7, 11) is 0. The molecule has 0 amide bonds. The van der Waals surface area contributed by atoms with E-state index < -0.39 is 0 Å². The molecule has 4 nitrogen and oxygen atoms in total. The Morgan fingerprint density at radius 3 is 2.75 bits per heavy atom. The first-order valence-electron chi connectivity index (χ1n) is 4.03. The normalized spacial score (nSPS) is 19.7. The van der Waals surface area contributed by atoms with Gasteiger partial charge in [0.25, 0.3) is 0 Å². The van der Waals surface area contributed by atoms with E-state index in [9.17, 15) is 0 Å². The van der Waals surface area contributed by atoms with Gasteiger partial charge in [0, 0.05) is 30.7 Å². The summed E-state index contributed by atoms with van der Waals surface area (Å²) in [6, 6.07) is 0. The number of nitrogen functional groups attached to an aromatic ring is 1. The second kappa shape index (κ2) is 3.37. The maximum absolute atomic E-state index is 5.50. The minimum absolute atomic E-state index is 0.465. The van der Waals surface area contributed by atoms with Crippen LogP contribution in [0.15, 0.2) is 0 Å². The minimum Gasteiger partial charge on any atom is -0.381 e. The average molecular weight is 185 g/mol. The lowest BCUT2D eigenvalue weighted by molar-refractivity contribution is 0.0838. The minimum atomic E-state index is 0.465. The fourth-order valence-corrected chi connectivity index (χ4v) is 1.88. The molecule has 12 heavy (non-hydrogen) atoms. The van der Waals surface area contributed by atoms with E-state index in [1.807, 2.05) is 0 Å². The van der Waals surface area contributed by atoms with Crippen LogP contribution in [0.25, 0.3) is 0 Å². The van der Waals surface area contributed by atoms with Crippen molar-refractivity contribution in [3.8, 4) is 0 Å². The van der Waals surface area contributed by atoms with Gasteiger partial charge >= 0.3 is 0 Å². The quantitative estimate of drug-likeness (QED) is 0.709. The number of nitrogens with zero attached hydrogens (tertiary/aromatic N) is 2. The molecule has 1 aromatic heterocycles. The second-order valence-electron chi connectivity index (χ2n) is 2.88. The van der Waals surface area contributed by atoms with Crippen LogP contribution in [0.5, 0.6) is 0 Å². The van der Waals surface area contributed by atoms with Crippen LogP contribution in [0.2, 0.25) is 0 Å². The van der Waals surface area contributed by atoms with Gasteiger partial charge in [-0.25, -0.2) is 4.98 Å². The standard InChI is InChI=1S/C7H11N3OS/c8-7-9-6(10-12-7)5-1-3-11-4-2-5/h5H,1-4H2,(H2,8,9,10). The summed E-state index contributed by atoms with van der Waals surface area (Å²) in [4.78, 5) is 4.16. The molecule has 66 valence electrons. The van der Waals surface area contributed by atoms with Gasteiger partial charge in [-0.3, -0.25) is 0 Å². The summed E-state index contributed by atoms with van der Waals surface area (Å²) < 4.78 is 9.43. The Kier molecular flexibility index (Phi) is 2.23. The number of rotatable bonds is 1. The third-order valence-corrected chi connectivity index (χ3v) is 2.60. The van der Waals surface area contributed by atoms with Gasteiger partial charge < -0.3 is 10.5 Å². The van der Waals surface area contributed by atoms with E-state index in [-0.39, 0.29) is 0 Å². The van der Waals surface area contributed by atoms with Crippen LogP contribution in [0, 0.1) is 0 Å². The molecule has 0 atom stereocenters. The Balaban J connectivity index is 2.08. The van der Waals surface area contributed by atoms with Crippen molar-refractivity contribution < 1.29 is 4.74 Å². The molecule has 0 saturated carbocycles. The van der Waals surface area contributed by atoms with E-state index in [1.54, 1.807) is 0 Å². The van der Waals surface area contributed by atoms with Gasteiger partial charge in [-0.05, 0) is 12.8 Å². The zero-order chi connectivity index (χ0) is 8.39. The highest BCUT2D eigenvalue weighted by Crippen LogP contribution is 2.25. The van der Waals surface area contributed by atoms with Gasteiger partial charge in [-0.15, -0.1) is 0 Å². The first-order chi connectivity index (χ1) is 5.86. The Labute approximate surface area is 74.9 Å². The molecule has 0 spiro atoms. The van der Waals surface area contributed by atoms with E-state index >= 15 is 0 Å². The van der Waals surface area contributed by atoms with Gasteiger partial charge in [0.1, 0.15) is 5.82 Å². The molecule has 5 heteroatoms. The summed E-state index contributed by atoms with van der Waals surface area (Å²) in [6.45, 7) is 1.65. The molecule has 1 saturated heterocycles. The monoisotopic (exact) mass is 185 g/mol. The van der Waals surface area contributed by atoms with Crippen molar-refractivity contribution in [3.05, 3.63) is 5.82 Å². The summed E-state index contributed by atoms with van der Waals surface area (Å²) in [5.74, 6) is 1.37. The summed E-state index contributed by atoms with van der Waals surface area (Å²) in [6.07, 6.45) is 2.05. The lowest BCUT2D eigenvalue weighted by atomic mass is 10.00. The number of hydrogen-bond acceptors (Lipinski definition) is 5. The van der Waals surface area contributed by atoms with Crippen LogP contribution in [0.4, 0.5) is 5.13 Å². The van der Waals surface area contributed by atoms with E-state index in [0.29, 0.717) is 11.0 Å². The molecule has 1 aromatic rings. The van der Waals surface area contributed by atoms with Gasteiger partial charge in [-0.1, -0.05) is 0 Å². The molecule has 2 rings (SSSR count). The Morgan fingerprint density at radius 2 is 2.17 bits per heavy atom. The molecular weight excluding hydrogens is 174 g/mol. The van der Waals surface area contributed by atoms with Gasteiger partial charge in [-0.2, -0.15) is 4.37 Å². The fourth-order valence-electron chi connectivity index (χ4n) is 1.37. The van der Waals surface area contributed by atoms with Gasteiger partial charge in [0.2, 0.25) is 0 Å². The molecule has 2 N–H and O–H groups in total.